The number of hydrogen-bond acceptors (Lipinski definition) is 10. The third kappa shape index (κ3) is 8.04. The van der Waals surface area contributed by atoms with Crippen molar-refractivity contribution < 1.29 is 30.0 Å². The molecule has 0 spiro atoms. The van der Waals surface area contributed by atoms with E-state index in [4.69, 9.17) is 11.1 Å². The topological polar surface area (TPSA) is 205 Å². The van der Waals surface area contributed by atoms with Crippen molar-refractivity contribution in [1.82, 2.24) is 20.5 Å². The van der Waals surface area contributed by atoms with E-state index in [-0.39, 0.29) is 37.3 Å². The number of nitrogens with zero attached hydrogens (tertiary/aromatic N) is 2. The summed E-state index contributed by atoms with van der Waals surface area (Å²) in [4.78, 5) is 32.3. The number of amides is 2. The summed E-state index contributed by atoms with van der Waals surface area (Å²) >= 11 is 1.28. The number of hydrogen-bond donors (Lipinski definition) is 8. The average Bonchev–Trinajstić information content (AvgIpc) is 3.59. The van der Waals surface area contributed by atoms with Gasteiger partial charge in [0.15, 0.2) is 0 Å². The Hall–Kier alpha value is -2.42. The molecular weight excluding hydrogens is 512 g/mol. The zero-order chi connectivity index (χ0) is 27.8. The fourth-order valence-electron chi connectivity index (χ4n) is 4.88. The van der Waals surface area contributed by atoms with Crippen LogP contribution in [0.4, 0.5) is 0 Å². The molecule has 3 rings (SSSR count). The van der Waals surface area contributed by atoms with Crippen LogP contribution in [0.2, 0.25) is 0 Å². The third-order valence-corrected chi connectivity index (χ3v) is 8.00. The van der Waals surface area contributed by atoms with Crippen molar-refractivity contribution in [3.8, 4) is 0 Å². The summed E-state index contributed by atoms with van der Waals surface area (Å²) in [5.41, 5.74) is 5.79. The first kappa shape index (κ1) is 30.1. The van der Waals surface area contributed by atoms with Crippen LogP contribution >= 0.6 is 11.3 Å². The minimum atomic E-state index is -1.59. The van der Waals surface area contributed by atoms with E-state index in [0.717, 1.165) is 32.1 Å². The van der Waals surface area contributed by atoms with Crippen molar-refractivity contribution in [2.45, 2.75) is 88.5 Å². The van der Waals surface area contributed by atoms with Gasteiger partial charge < -0.3 is 41.7 Å². The first-order chi connectivity index (χ1) is 18.1. The van der Waals surface area contributed by atoms with Crippen molar-refractivity contribution in [2.75, 3.05) is 13.1 Å². The van der Waals surface area contributed by atoms with Crippen LogP contribution in [0.15, 0.2) is 17.5 Å². The molecule has 1 aliphatic heterocycles. The van der Waals surface area contributed by atoms with Crippen LogP contribution in [0.5, 0.6) is 0 Å². The van der Waals surface area contributed by atoms with Gasteiger partial charge in [0.2, 0.25) is 11.8 Å². The second-order valence-corrected chi connectivity index (χ2v) is 11.1. The van der Waals surface area contributed by atoms with E-state index in [0.29, 0.717) is 23.0 Å². The van der Waals surface area contributed by atoms with Gasteiger partial charge in [0.1, 0.15) is 34.8 Å². The Morgan fingerprint density at radius 1 is 1.21 bits per heavy atom. The molecule has 0 saturated heterocycles. The van der Waals surface area contributed by atoms with E-state index >= 15 is 0 Å². The molecule has 0 radical (unpaired) electrons. The van der Waals surface area contributed by atoms with E-state index in [1.165, 1.54) is 23.2 Å². The number of nitrogens with one attached hydrogen (secondary N) is 3. The predicted molar refractivity (Wildman–Crippen MR) is 142 cm³/mol. The predicted octanol–water partition coefficient (Wildman–Crippen LogP) is -0.798. The first-order valence-electron chi connectivity index (χ1n) is 13.1. The highest BCUT2D eigenvalue weighted by atomic mass is 32.1. The SMILES string of the molecule is C[C@H](O)[C@H](O)[C@@H](O)[C@@H](O)CN[C@H](CC1CCCCC1)C(=O)N1CC=C[C@H]1C(=O)NCc1nc(C(=N)N)cs1. The van der Waals surface area contributed by atoms with E-state index in [9.17, 15) is 30.0 Å². The van der Waals surface area contributed by atoms with Crippen LogP contribution < -0.4 is 16.4 Å². The number of carbonyl (C=O) groups is 2. The summed E-state index contributed by atoms with van der Waals surface area (Å²) in [6.07, 6.45) is 3.54. The molecule has 1 aromatic heterocycles. The van der Waals surface area contributed by atoms with Crippen molar-refractivity contribution in [1.29, 1.82) is 5.41 Å². The molecule has 1 aromatic rings. The Morgan fingerprint density at radius 3 is 2.55 bits per heavy atom. The van der Waals surface area contributed by atoms with Gasteiger partial charge >= 0.3 is 0 Å². The fourth-order valence-corrected chi connectivity index (χ4v) is 5.62. The molecule has 212 valence electrons. The maximum atomic E-state index is 13.7. The molecule has 13 heteroatoms. The first-order valence-corrected chi connectivity index (χ1v) is 14.0. The number of amidine groups is 1. The minimum absolute atomic E-state index is 0.141. The lowest BCUT2D eigenvalue weighted by molar-refractivity contribution is -0.140. The summed E-state index contributed by atoms with van der Waals surface area (Å²) in [5.74, 6) is -0.479. The van der Waals surface area contributed by atoms with E-state index in [1.54, 1.807) is 17.5 Å². The lowest BCUT2D eigenvalue weighted by atomic mass is 9.84. The van der Waals surface area contributed by atoms with E-state index in [1.807, 2.05) is 0 Å². The molecule has 0 aromatic carbocycles. The fraction of sp³-hybridized carbons (Fsp3) is 0.680. The number of nitrogens with two attached hydrogens (primary N) is 1. The second-order valence-electron chi connectivity index (χ2n) is 10.1. The van der Waals surface area contributed by atoms with Gasteiger partial charge in [-0.25, -0.2) is 4.98 Å². The molecule has 1 aliphatic carbocycles. The molecule has 1 saturated carbocycles. The molecule has 12 nitrogen and oxygen atoms in total. The molecule has 2 amide bonds. The van der Waals surface area contributed by atoms with Gasteiger partial charge in [-0.3, -0.25) is 15.0 Å². The maximum Gasteiger partial charge on any atom is 0.247 e. The van der Waals surface area contributed by atoms with Crippen LogP contribution in [0.1, 0.15) is 56.2 Å². The highest BCUT2D eigenvalue weighted by molar-refractivity contribution is 7.09. The second kappa shape index (κ2) is 14.1. The Kier molecular flexibility index (Phi) is 11.2. The molecule has 2 heterocycles. The van der Waals surface area contributed by atoms with Gasteiger partial charge in [0.05, 0.1) is 24.8 Å². The van der Waals surface area contributed by atoms with Gasteiger partial charge in [0, 0.05) is 18.5 Å². The molecule has 38 heavy (non-hydrogen) atoms. The summed E-state index contributed by atoms with van der Waals surface area (Å²) in [6.45, 7) is 1.54. The maximum absolute atomic E-state index is 13.7. The third-order valence-electron chi connectivity index (χ3n) is 7.15. The molecule has 0 unspecified atom stereocenters. The molecule has 6 atom stereocenters. The van der Waals surface area contributed by atoms with E-state index < -0.39 is 36.5 Å². The quantitative estimate of drug-likeness (QED) is 0.0875. The number of nitrogen functional groups attached to an aromatic ring is 1. The summed E-state index contributed by atoms with van der Waals surface area (Å²) in [7, 11) is 0. The Labute approximate surface area is 226 Å². The number of aliphatic hydroxyl groups excluding tert-OH is 4. The molecule has 0 bridgehead atoms. The van der Waals surface area contributed by atoms with Crippen molar-refractivity contribution in [3.63, 3.8) is 0 Å². The van der Waals surface area contributed by atoms with E-state index in [2.05, 4.69) is 15.6 Å². The zero-order valence-electron chi connectivity index (χ0n) is 21.6. The van der Waals surface area contributed by atoms with Crippen molar-refractivity contribution >= 4 is 29.0 Å². The number of carbonyl (C=O) groups excluding carboxylic acids is 2. The van der Waals surface area contributed by atoms with Crippen molar-refractivity contribution in [3.05, 3.63) is 28.2 Å². The summed E-state index contributed by atoms with van der Waals surface area (Å²) in [6, 6.07) is -1.51. The van der Waals surface area contributed by atoms with Crippen LogP contribution in [0.3, 0.4) is 0 Å². The standard InChI is InChI=1S/C25H40N6O6S/c1-14(32)21(34)22(35)19(33)11-28-16(10-15-6-3-2-4-7-15)25(37)31-9-5-8-18(31)24(36)29-12-20-30-17(13-38-20)23(26)27/h5,8,13-16,18-19,21-22,28,32-35H,2-4,6-7,9-12H2,1H3,(H3,26,27)(H,29,36)/t14-,16+,18-,19-,21-,22-/m0/s1. The van der Waals surface area contributed by atoms with Gasteiger partial charge in [0.25, 0.3) is 0 Å². The van der Waals surface area contributed by atoms with Gasteiger partial charge in [-0.05, 0) is 19.3 Å². The highest BCUT2D eigenvalue weighted by Gasteiger charge is 2.36. The van der Waals surface area contributed by atoms with Crippen molar-refractivity contribution in [2.24, 2.45) is 11.7 Å². The van der Waals surface area contributed by atoms with Crippen LogP contribution in [-0.2, 0) is 16.1 Å². The molecule has 1 fully saturated rings. The Balaban J connectivity index is 1.64. The molecule has 2 aliphatic rings. The Bertz CT molecular complexity index is 981. The number of aromatic nitrogens is 1. The normalized spacial score (nSPS) is 22.0. The van der Waals surface area contributed by atoms with Gasteiger partial charge in [-0.2, -0.15) is 0 Å². The number of thiazole rings is 1. The number of aliphatic hydroxyl groups is 4. The highest BCUT2D eigenvalue weighted by Crippen LogP contribution is 2.28. The summed E-state index contributed by atoms with van der Waals surface area (Å²) < 4.78 is 0. The number of rotatable bonds is 13. The van der Waals surface area contributed by atoms with Gasteiger partial charge in [-0.15, -0.1) is 11.3 Å². The van der Waals surface area contributed by atoms with Crippen LogP contribution in [0, 0.1) is 11.3 Å². The minimum Gasteiger partial charge on any atom is -0.391 e. The monoisotopic (exact) mass is 552 g/mol. The zero-order valence-corrected chi connectivity index (χ0v) is 22.4. The average molecular weight is 553 g/mol. The lowest BCUT2D eigenvalue weighted by Gasteiger charge is -2.33. The van der Waals surface area contributed by atoms with Crippen LogP contribution in [0.25, 0.3) is 0 Å². The largest absolute Gasteiger partial charge is 0.391 e. The van der Waals surface area contributed by atoms with Crippen LogP contribution in [-0.4, -0.2) is 97.5 Å². The smallest absolute Gasteiger partial charge is 0.247 e. The summed E-state index contributed by atoms with van der Waals surface area (Å²) in [5, 5.41) is 55.5. The van der Waals surface area contributed by atoms with Gasteiger partial charge in [-0.1, -0.05) is 44.3 Å². The lowest BCUT2D eigenvalue weighted by Crippen LogP contribution is -2.55. The molecular formula is C25H40N6O6S. The Morgan fingerprint density at radius 2 is 1.92 bits per heavy atom. The molecule has 9 N–H and O–H groups in total.